The zero-order chi connectivity index (χ0) is 33.2. The Kier molecular flexibility index (Phi) is 11.9. The molecule has 0 aromatic heterocycles. The number of carbonyl (C=O) groups is 2. The van der Waals surface area contributed by atoms with Crippen molar-refractivity contribution in [2.45, 2.75) is 49.8 Å². The van der Waals surface area contributed by atoms with Gasteiger partial charge in [0.2, 0.25) is 5.91 Å². The van der Waals surface area contributed by atoms with Crippen LogP contribution < -0.4 is 21.3 Å². The number of amides is 2. The van der Waals surface area contributed by atoms with Crippen molar-refractivity contribution in [1.29, 1.82) is 0 Å². The van der Waals surface area contributed by atoms with Gasteiger partial charge >= 0.3 is 18.4 Å². The minimum atomic E-state index is -4.66. The van der Waals surface area contributed by atoms with Gasteiger partial charge in [-0.1, -0.05) is 54.6 Å². The highest BCUT2D eigenvalue weighted by Gasteiger charge is 2.35. The van der Waals surface area contributed by atoms with E-state index in [1.807, 2.05) is 30.3 Å². The van der Waals surface area contributed by atoms with E-state index < -0.39 is 54.6 Å². The first-order valence-corrected chi connectivity index (χ1v) is 14.5. The Hall–Kier alpha value is -4.30. The van der Waals surface area contributed by atoms with Crippen LogP contribution in [0.15, 0.2) is 78.9 Å². The number of rotatable bonds is 12. The fourth-order valence-electron chi connectivity index (χ4n) is 4.92. The summed E-state index contributed by atoms with van der Waals surface area (Å²) in [5.41, 5.74) is 0.674. The van der Waals surface area contributed by atoms with Crippen LogP contribution in [-0.4, -0.2) is 62.7 Å². The van der Waals surface area contributed by atoms with Crippen molar-refractivity contribution in [3.8, 4) is 0 Å². The van der Waals surface area contributed by atoms with Gasteiger partial charge in [0.1, 0.15) is 19.2 Å². The molecule has 8 nitrogen and oxygen atoms in total. The second-order valence-corrected chi connectivity index (χ2v) is 10.7. The van der Waals surface area contributed by atoms with Crippen LogP contribution in [0.5, 0.6) is 0 Å². The molecule has 3 aromatic rings. The third-order valence-corrected chi connectivity index (χ3v) is 7.18. The van der Waals surface area contributed by atoms with Crippen molar-refractivity contribution in [1.82, 2.24) is 10.6 Å². The average molecular weight is 653 g/mol. The van der Waals surface area contributed by atoms with Gasteiger partial charge in [-0.15, -0.1) is 0 Å². The van der Waals surface area contributed by atoms with Crippen LogP contribution >= 0.6 is 0 Å². The van der Waals surface area contributed by atoms with Gasteiger partial charge in [-0.3, -0.25) is 4.79 Å². The Balaban J connectivity index is 1.43. The standard InChI is InChI=1S/C32H34F6N4O4/c33-31(34,35)20-40-30(44)46-19-23-18-45-24(17-39-23)14-15-25-26(32(36,37)38)12-7-13-27(25)42-28(16-21-8-3-1-4-9-21)29(43)41-22-10-5-2-6-11-22/h1-13,23-24,28,39,42H,14-20H2,(H,40,44)(H,41,43)/t23-,24+,28-/m0/s1. The Labute approximate surface area is 261 Å². The molecule has 1 saturated heterocycles. The van der Waals surface area contributed by atoms with Gasteiger partial charge in [-0.25, -0.2) is 4.79 Å². The number of anilines is 2. The van der Waals surface area contributed by atoms with Crippen LogP contribution in [0.3, 0.4) is 0 Å². The van der Waals surface area contributed by atoms with E-state index in [2.05, 4.69) is 16.0 Å². The van der Waals surface area contributed by atoms with Gasteiger partial charge in [0.25, 0.3) is 0 Å². The third-order valence-electron chi connectivity index (χ3n) is 7.18. The van der Waals surface area contributed by atoms with Crippen molar-refractivity contribution in [3.05, 3.63) is 95.6 Å². The number of alkyl halides is 6. The first-order chi connectivity index (χ1) is 21.9. The molecule has 3 aromatic carbocycles. The molecular weight excluding hydrogens is 618 g/mol. The summed E-state index contributed by atoms with van der Waals surface area (Å²) in [6.45, 7) is -1.54. The van der Waals surface area contributed by atoms with Crippen LogP contribution in [0, 0.1) is 0 Å². The van der Waals surface area contributed by atoms with Gasteiger partial charge in [0, 0.05) is 24.3 Å². The lowest BCUT2D eigenvalue weighted by atomic mass is 9.96. The SMILES string of the molecule is O=C(NCC(F)(F)F)OC[C@@H]1CO[C@H](CCc2c(N[C@@H](Cc3ccccc3)C(=O)Nc3ccccc3)cccc2C(F)(F)F)CN1. The van der Waals surface area contributed by atoms with Crippen molar-refractivity contribution in [3.63, 3.8) is 0 Å². The van der Waals surface area contributed by atoms with Crippen molar-refractivity contribution in [2.24, 2.45) is 0 Å². The number of ether oxygens (including phenoxy) is 2. The number of halogens is 6. The van der Waals surface area contributed by atoms with E-state index in [0.717, 1.165) is 11.6 Å². The molecule has 3 atom stereocenters. The number of morpholine rings is 1. The molecule has 4 rings (SSSR count). The van der Waals surface area contributed by atoms with Crippen molar-refractivity contribution < 1.29 is 45.4 Å². The molecule has 248 valence electrons. The van der Waals surface area contributed by atoms with Gasteiger partial charge in [0.05, 0.1) is 24.3 Å². The molecular formula is C32H34F6N4O4. The fraction of sp³-hybridized carbons (Fsp3) is 0.375. The van der Waals surface area contributed by atoms with Crippen LogP contribution in [0.4, 0.5) is 42.5 Å². The predicted molar refractivity (Wildman–Crippen MR) is 159 cm³/mol. The molecule has 0 spiro atoms. The highest BCUT2D eigenvalue weighted by molar-refractivity contribution is 5.97. The summed E-state index contributed by atoms with van der Waals surface area (Å²) in [5, 5.41) is 10.6. The van der Waals surface area contributed by atoms with Crippen LogP contribution in [0.2, 0.25) is 0 Å². The highest BCUT2D eigenvalue weighted by atomic mass is 19.4. The third kappa shape index (κ3) is 10.9. The number of carbonyl (C=O) groups excluding carboxylic acids is 2. The molecule has 0 saturated carbocycles. The summed E-state index contributed by atoms with van der Waals surface area (Å²) < 4.78 is 89.8. The normalized spacial score (nSPS) is 17.5. The summed E-state index contributed by atoms with van der Waals surface area (Å²) in [6.07, 6.45) is -10.6. The second kappa shape index (κ2) is 15.8. The Morgan fingerprint density at radius 2 is 1.63 bits per heavy atom. The Morgan fingerprint density at radius 1 is 0.935 bits per heavy atom. The molecule has 1 heterocycles. The molecule has 0 aliphatic carbocycles. The monoisotopic (exact) mass is 652 g/mol. The van der Waals surface area contributed by atoms with Crippen LogP contribution in [0.1, 0.15) is 23.1 Å². The van der Waals surface area contributed by atoms with Gasteiger partial charge in [-0.2, -0.15) is 26.3 Å². The van der Waals surface area contributed by atoms with E-state index in [9.17, 15) is 35.9 Å². The topological polar surface area (TPSA) is 101 Å². The zero-order valence-electron chi connectivity index (χ0n) is 24.6. The molecule has 1 aliphatic heterocycles. The molecule has 0 unspecified atom stereocenters. The lowest BCUT2D eigenvalue weighted by molar-refractivity contribution is -0.138. The van der Waals surface area contributed by atoms with E-state index in [1.54, 1.807) is 35.6 Å². The van der Waals surface area contributed by atoms with Crippen LogP contribution in [-0.2, 0) is 33.3 Å². The minimum Gasteiger partial charge on any atom is -0.448 e. The predicted octanol–water partition coefficient (Wildman–Crippen LogP) is 5.95. The number of hydrogen-bond donors (Lipinski definition) is 4. The van der Waals surface area contributed by atoms with E-state index in [4.69, 9.17) is 9.47 Å². The molecule has 1 aliphatic rings. The summed E-state index contributed by atoms with van der Waals surface area (Å²) in [5.74, 6) is -0.418. The molecule has 4 N–H and O–H groups in total. The number of alkyl carbamates (subject to hydrolysis) is 1. The van der Waals surface area contributed by atoms with E-state index in [0.29, 0.717) is 5.69 Å². The van der Waals surface area contributed by atoms with E-state index >= 15 is 0 Å². The second-order valence-electron chi connectivity index (χ2n) is 10.7. The quantitative estimate of drug-likeness (QED) is 0.181. The maximum Gasteiger partial charge on any atom is 0.416 e. The summed E-state index contributed by atoms with van der Waals surface area (Å²) in [4.78, 5) is 24.9. The maximum absolute atomic E-state index is 14.2. The molecule has 2 amide bonds. The Morgan fingerprint density at radius 3 is 2.26 bits per heavy atom. The Bertz CT molecular complexity index is 1420. The zero-order valence-corrected chi connectivity index (χ0v) is 24.6. The number of benzene rings is 3. The van der Waals surface area contributed by atoms with Gasteiger partial charge < -0.3 is 30.7 Å². The van der Waals surface area contributed by atoms with E-state index in [-0.39, 0.29) is 50.3 Å². The first kappa shape index (κ1) is 34.6. The number of hydrogen-bond acceptors (Lipinski definition) is 6. The summed E-state index contributed by atoms with van der Waals surface area (Å²) in [6, 6.07) is 20.2. The molecule has 14 heteroatoms. The summed E-state index contributed by atoms with van der Waals surface area (Å²) in [7, 11) is 0. The van der Waals surface area contributed by atoms with Crippen molar-refractivity contribution >= 4 is 23.4 Å². The largest absolute Gasteiger partial charge is 0.448 e. The minimum absolute atomic E-state index is 0.0176. The molecule has 0 radical (unpaired) electrons. The molecule has 0 bridgehead atoms. The molecule has 1 fully saturated rings. The highest BCUT2D eigenvalue weighted by Crippen LogP contribution is 2.36. The van der Waals surface area contributed by atoms with E-state index in [1.165, 1.54) is 12.1 Å². The number of nitrogens with one attached hydrogen (secondary N) is 4. The molecule has 46 heavy (non-hydrogen) atoms. The maximum atomic E-state index is 14.2. The first-order valence-electron chi connectivity index (χ1n) is 14.5. The van der Waals surface area contributed by atoms with Crippen LogP contribution in [0.25, 0.3) is 0 Å². The smallest absolute Gasteiger partial charge is 0.416 e. The summed E-state index contributed by atoms with van der Waals surface area (Å²) >= 11 is 0. The lowest BCUT2D eigenvalue weighted by Crippen LogP contribution is -2.49. The lowest BCUT2D eigenvalue weighted by Gasteiger charge is -2.30. The van der Waals surface area contributed by atoms with Gasteiger partial charge in [0.15, 0.2) is 0 Å². The van der Waals surface area contributed by atoms with Gasteiger partial charge in [-0.05, 0) is 48.2 Å². The van der Waals surface area contributed by atoms with Crippen molar-refractivity contribution in [2.75, 3.05) is 36.9 Å². The average Bonchev–Trinajstić information content (AvgIpc) is 3.02. The fourth-order valence-corrected chi connectivity index (χ4v) is 4.92. The number of para-hydroxylation sites is 1.